The predicted molar refractivity (Wildman–Crippen MR) is 92.1 cm³/mol. The number of nitrogens with zero attached hydrogens (tertiary/aromatic N) is 1. The van der Waals surface area contributed by atoms with Gasteiger partial charge in [-0.3, -0.25) is 4.79 Å². The van der Waals surface area contributed by atoms with Crippen LogP contribution >= 0.6 is 15.9 Å². The van der Waals surface area contributed by atoms with Crippen LogP contribution in [-0.4, -0.2) is 9.97 Å². The molecule has 0 atom stereocenters. The maximum absolute atomic E-state index is 12.5. The van der Waals surface area contributed by atoms with Gasteiger partial charge < -0.3 is 9.72 Å². The van der Waals surface area contributed by atoms with Gasteiger partial charge in [0.2, 0.25) is 5.88 Å². The van der Waals surface area contributed by atoms with E-state index in [0.717, 1.165) is 26.9 Å². The summed E-state index contributed by atoms with van der Waals surface area (Å²) < 4.78 is 6.83. The van der Waals surface area contributed by atoms with Crippen LogP contribution in [0.5, 0.6) is 11.6 Å². The minimum atomic E-state index is -0.154. The van der Waals surface area contributed by atoms with Crippen LogP contribution in [0, 0.1) is 6.92 Å². The van der Waals surface area contributed by atoms with E-state index in [9.17, 15) is 4.79 Å². The van der Waals surface area contributed by atoms with Crippen molar-refractivity contribution in [1.29, 1.82) is 0 Å². The molecule has 4 rings (SSSR count). The van der Waals surface area contributed by atoms with Crippen molar-refractivity contribution in [3.63, 3.8) is 0 Å². The summed E-state index contributed by atoms with van der Waals surface area (Å²) in [6.07, 6.45) is 0.514. The quantitative estimate of drug-likeness (QED) is 0.547. The van der Waals surface area contributed by atoms with Crippen molar-refractivity contribution < 1.29 is 4.74 Å². The maximum atomic E-state index is 12.5. The third-order valence-corrected chi connectivity index (χ3v) is 4.47. The standard InChI is InChI=1S/C18H13BrN2O2/c1-10-4-2-3-5-13(10)16-20-17(22)14-9-11-8-12(19)6-7-15(11)23-18(14)21-16/h2-8H,9H2,1H3,(H,20,21,22). The first kappa shape index (κ1) is 14.2. The van der Waals surface area contributed by atoms with E-state index in [1.54, 1.807) is 0 Å². The lowest BCUT2D eigenvalue weighted by atomic mass is 10.0. The Kier molecular flexibility index (Phi) is 3.31. The summed E-state index contributed by atoms with van der Waals surface area (Å²) in [4.78, 5) is 19.9. The Balaban J connectivity index is 1.85. The second-order valence-electron chi connectivity index (χ2n) is 5.54. The molecule has 1 aliphatic heterocycles. The van der Waals surface area contributed by atoms with Crippen molar-refractivity contribution in [2.45, 2.75) is 13.3 Å². The molecule has 5 heteroatoms. The zero-order valence-electron chi connectivity index (χ0n) is 12.4. The first-order valence-electron chi connectivity index (χ1n) is 7.27. The summed E-state index contributed by atoms with van der Waals surface area (Å²) in [5, 5.41) is 0. The second kappa shape index (κ2) is 5.35. The largest absolute Gasteiger partial charge is 0.438 e. The number of ether oxygens (including phenoxy) is 1. The van der Waals surface area contributed by atoms with E-state index >= 15 is 0 Å². The molecule has 0 spiro atoms. The number of rotatable bonds is 1. The molecule has 0 saturated carbocycles. The van der Waals surface area contributed by atoms with Crippen LogP contribution in [0.2, 0.25) is 0 Å². The number of H-pyrrole nitrogens is 1. The number of aromatic nitrogens is 2. The van der Waals surface area contributed by atoms with Crippen molar-refractivity contribution in [2.24, 2.45) is 0 Å². The zero-order chi connectivity index (χ0) is 16.0. The molecule has 0 unspecified atom stereocenters. The molecular weight excluding hydrogens is 356 g/mol. The van der Waals surface area contributed by atoms with Crippen LogP contribution in [0.15, 0.2) is 51.7 Å². The fourth-order valence-corrected chi connectivity index (χ4v) is 3.17. The molecular formula is C18H13BrN2O2. The topological polar surface area (TPSA) is 55.0 Å². The molecule has 3 aromatic rings. The number of nitrogens with one attached hydrogen (secondary N) is 1. The Morgan fingerprint density at radius 3 is 2.87 bits per heavy atom. The van der Waals surface area contributed by atoms with Crippen LogP contribution in [0.25, 0.3) is 11.4 Å². The average molecular weight is 369 g/mol. The molecule has 0 saturated heterocycles. The first-order valence-corrected chi connectivity index (χ1v) is 8.06. The van der Waals surface area contributed by atoms with Crippen molar-refractivity contribution in [2.75, 3.05) is 0 Å². The number of hydrogen-bond donors (Lipinski definition) is 1. The smallest absolute Gasteiger partial charge is 0.258 e. The summed E-state index contributed by atoms with van der Waals surface area (Å²) in [6.45, 7) is 1.99. The van der Waals surface area contributed by atoms with Gasteiger partial charge >= 0.3 is 0 Å². The number of halogens is 1. The molecule has 0 radical (unpaired) electrons. The van der Waals surface area contributed by atoms with Gasteiger partial charge in [-0.05, 0) is 30.7 Å². The lowest BCUT2D eigenvalue weighted by molar-refractivity contribution is 0.438. The van der Waals surface area contributed by atoms with Gasteiger partial charge in [0.1, 0.15) is 11.6 Å². The molecule has 1 aromatic heterocycles. The highest BCUT2D eigenvalue weighted by atomic mass is 79.9. The average Bonchev–Trinajstić information content (AvgIpc) is 2.54. The van der Waals surface area contributed by atoms with Crippen LogP contribution in [0.3, 0.4) is 0 Å². The number of aromatic amines is 1. The summed E-state index contributed by atoms with van der Waals surface area (Å²) >= 11 is 3.44. The molecule has 1 aliphatic rings. The van der Waals surface area contributed by atoms with Crippen molar-refractivity contribution in [1.82, 2.24) is 9.97 Å². The van der Waals surface area contributed by atoms with E-state index in [0.29, 0.717) is 23.7 Å². The van der Waals surface area contributed by atoms with Gasteiger partial charge in [0.15, 0.2) is 0 Å². The van der Waals surface area contributed by atoms with E-state index in [2.05, 4.69) is 25.9 Å². The van der Waals surface area contributed by atoms with Gasteiger partial charge in [0.25, 0.3) is 5.56 Å². The minimum absolute atomic E-state index is 0.154. The highest BCUT2D eigenvalue weighted by Crippen LogP contribution is 2.35. The molecule has 1 N–H and O–H groups in total. The van der Waals surface area contributed by atoms with E-state index in [-0.39, 0.29) is 5.56 Å². The van der Waals surface area contributed by atoms with Gasteiger partial charge in [0.05, 0.1) is 5.56 Å². The van der Waals surface area contributed by atoms with E-state index < -0.39 is 0 Å². The van der Waals surface area contributed by atoms with Crippen molar-refractivity contribution >= 4 is 15.9 Å². The molecule has 2 aromatic carbocycles. The third-order valence-electron chi connectivity index (χ3n) is 3.97. The monoisotopic (exact) mass is 368 g/mol. The second-order valence-corrected chi connectivity index (χ2v) is 6.46. The Labute approximate surface area is 141 Å². The number of fused-ring (bicyclic) bond motifs is 2. The van der Waals surface area contributed by atoms with Crippen LogP contribution in [-0.2, 0) is 6.42 Å². The number of aryl methyl sites for hydroxylation is 1. The van der Waals surface area contributed by atoms with E-state index in [1.165, 1.54) is 0 Å². The molecule has 2 heterocycles. The zero-order valence-corrected chi connectivity index (χ0v) is 14.0. The number of hydrogen-bond acceptors (Lipinski definition) is 3. The summed E-state index contributed by atoms with van der Waals surface area (Å²) in [5.41, 5.74) is 3.34. The number of benzene rings is 2. The molecule has 0 fully saturated rings. The normalized spacial score (nSPS) is 12.3. The Hall–Kier alpha value is -2.40. The summed E-state index contributed by atoms with van der Waals surface area (Å²) in [7, 11) is 0. The lowest BCUT2D eigenvalue weighted by Gasteiger charge is -2.19. The Morgan fingerprint density at radius 2 is 2.04 bits per heavy atom. The van der Waals surface area contributed by atoms with Crippen molar-refractivity contribution in [3.05, 3.63) is 74.0 Å². The molecule has 0 amide bonds. The molecule has 0 bridgehead atoms. The Bertz CT molecular complexity index is 979. The Morgan fingerprint density at radius 1 is 1.22 bits per heavy atom. The fourth-order valence-electron chi connectivity index (χ4n) is 2.76. The predicted octanol–water partition coefficient (Wildman–Crippen LogP) is 4.20. The minimum Gasteiger partial charge on any atom is -0.438 e. The van der Waals surface area contributed by atoms with Gasteiger partial charge in [-0.1, -0.05) is 40.2 Å². The van der Waals surface area contributed by atoms with Crippen LogP contribution in [0.1, 0.15) is 16.7 Å². The van der Waals surface area contributed by atoms with Crippen molar-refractivity contribution in [3.8, 4) is 23.0 Å². The molecule has 0 aliphatic carbocycles. The van der Waals surface area contributed by atoms with E-state index in [4.69, 9.17) is 4.74 Å². The fraction of sp³-hybridized carbons (Fsp3) is 0.111. The summed E-state index contributed by atoms with van der Waals surface area (Å²) in [5.74, 6) is 1.67. The summed E-state index contributed by atoms with van der Waals surface area (Å²) in [6, 6.07) is 13.6. The lowest BCUT2D eigenvalue weighted by Crippen LogP contribution is -2.20. The SMILES string of the molecule is Cc1ccccc1-c1nc2c(c(=O)[nH]1)Cc1cc(Br)ccc1O2. The van der Waals surface area contributed by atoms with Gasteiger partial charge in [-0.25, -0.2) is 0 Å². The van der Waals surface area contributed by atoms with Crippen LogP contribution < -0.4 is 10.3 Å². The highest BCUT2D eigenvalue weighted by Gasteiger charge is 2.22. The maximum Gasteiger partial charge on any atom is 0.258 e. The molecule has 114 valence electrons. The molecule has 23 heavy (non-hydrogen) atoms. The molecule has 4 nitrogen and oxygen atoms in total. The first-order chi connectivity index (χ1) is 11.1. The third kappa shape index (κ3) is 2.47. The van der Waals surface area contributed by atoms with Crippen LogP contribution in [0.4, 0.5) is 0 Å². The van der Waals surface area contributed by atoms with Gasteiger partial charge in [-0.15, -0.1) is 0 Å². The highest BCUT2D eigenvalue weighted by molar-refractivity contribution is 9.10. The van der Waals surface area contributed by atoms with Gasteiger partial charge in [-0.2, -0.15) is 4.98 Å². The van der Waals surface area contributed by atoms with E-state index in [1.807, 2.05) is 49.4 Å². The van der Waals surface area contributed by atoms with Gasteiger partial charge in [0, 0.05) is 22.0 Å².